The van der Waals surface area contributed by atoms with Crippen molar-refractivity contribution in [1.29, 1.82) is 0 Å². The van der Waals surface area contributed by atoms with E-state index in [4.69, 9.17) is 0 Å². The molecule has 1 aromatic rings. The van der Waals surface area contributed by atoms with Crippen molar-refractivity contribution in [3.63, 3.8) is 0 Å². The van der Waals surface area contributed by atoms with Gasteiger partial charge in [0.05, 0.1) is 19.2 Å². The van der Waals surface area contributed by atoms with Gasteiger partial charge in [0.1, 0.15) is 26.2 Å². The summed E-state index contributed by atoms with van der Waals surface area (Å²) < 4.78 is 0. The molecular formula is C16H23N3O2+2. The number of nitrogens with one attached hydrogen (secondary N) is 2. The molecule has 2 saturated heterocycles. The Hall–Kier alpha value is -1.72. The van der Waals surface area contributed by atoms with E-state index in [1.54, 1.807) is 0 Å². The highest BCUT2D eigenvalue weighted by molar-refractivity contribution is 6.21. The molecule has 2 aliphatic rings. The van der Waals surface area contributed by atoms with Crippen LogP contribution in [0.25, 0.3) is 0 Å². The first-order valence-electron chi connectivity index (χ1n) is 7.65. The first-order chi connectivity index (χ1) is 10.1. The van der Waals surface area contributed by atoms with Gasteiger partial charge in [-0.25, -0.2) is 4.90 Å². The van der Waals surface area contributed by atoms with Gasteiger partial charge in [-0.1, -0.05) is 17.7 Å². The van der Waals surface area contributed by atoms with Crippen molar-refractivity contribution in [3.05, 3.63) is 29.8 Å². The molecule has 0 saturated carbocycles. The highest BCUT2D eigenvalue weighted by Crippen LogP contribution is 2.22. The average molecular weight is 289 g/mol. The molecule has 112 valence electrons. The second-order valence-corrected chi connectivity index (χ2v) is 6.28. The van der Waals surface area contributed by atoms with Crippen LogP contribution in [0.5, 0.6) is 0 Å². The van der Waals surface area contributed by atoms with Gasteiger partial charge in [-0.3, -0.25) is 9.59 Å². The van der Waals surface area contributed by atoms with Gasteiger partial charge in [0, 0.05) is 0 Å². The molecule has 0 aromatic heterocycles. The van der Waals surface area contributed by atoms with Crippen LogP contribution in [0.2, 0.25) is 0 Å². The standard InChI is InChI=1S/C16H21N3O2/c1-12-3-5-13(6-4-12)19-15(20)11-14(16(19)21)18-9-7-17(2)8-10-18/h3-6,14H,7-11H2,1-2H3/p+2. The lowest BCUT2D eigenvalue weighted by Crippen LogP contribution is -3.29. The first-order valence-corrected chi connectivity index (χ1v) is 7.65. The van der Waals surface area contributed by atoms with Crippen molar-refractivity contribution < 1.29 is 19.4 Å². The summed E-state index contributed by atoms with van der Waals surface area (Å²) in [6, 6.07) is 7.41. The SMILES string of the molecule is Cc1ccc(N2C(=O)CC([NH+]3CC[NH+](C)CC3)C2=O)cc1. The summed E-state index contributed by atoms with van der Waals surface area (Å²) in [5.41, 5.74) is 1.83. The predicted octanol–water partition coefficient (Wildman–Crippen LogP) is -1.96. The Morgan fingerprint density at radius 3 is 2.29 bits per heavy atom. The predicted molar refractivity (Wildman–Crippen MR) is 79.4 cm³/mol. The third-order valence-electron chi connectivity index (χ3n) is 4.68. The highest BCUT2D eigenvalue weighted by atomic mass is 16.2. The van der Waals surface area contributed by atoms with E-state index in [9.17, 15) is 9.59 Å². The fourth-order valence-corrected chi connectivity index (χ4v) is 3.26. The third kappa shape index (κ3) is 2.71. The largest absolute Gasteiger partial charge is 0.328 e. The normalized spacial score (nSPS) is 30.0. The number of benzene rings is 1. The van der Waals surface area contributed by atoms with Crippen molar-refractivity contribution in [1.82, 2.24) is 0 Å². The van der Waals surface area contributed by atoms with E-state index in [0.29, 0.717) is 12.1 Å². The Morgan fingerprint density at radius 1 is 1.05 bits per heavy atom. The number of aryl methyl sites for hydroxylation is 1. The van der Waals surface area contributed by atoms with Gasteiger partial charge in [0.25, 0.3) is 5.91 Å². The zero-order chi connectivity index (χ0) is 15.0. The van der Waals surface area contributed by atoms with Crippen LogP contribution in [-0.2, 0) is 9.59 Å². The molecule has 1 unspecified atom stereocenters. The van der Waals surface area contributed by atoms with Gasteiger partial charge in [-0.15, -0.1) is 0 Å². The number of hydrogen-bond acceptors (Lipinski definition) is 2. The Bertz CT molecular complexity index is 547. The minimum Gasteiger partial charge on any atom is -0.328 e. The lowest BCUT2D eigenvalue weighted by atomic mass is 10.2. The van der Waals surface area contributed by atoms with Crippen LogP contribution < -0.4 is 14.7 Å². The number of imide groups is 1. The van der Waals surface area contributed by atoms with Crippen LogP contribution in [0.1, 0.15) is 12.0 Å². The Kier molecular flexibility index (Phi) is 3.78. The van der Waals surface area contributed by atoms with Crippen molar-refractivity contribution >= 4 is 17.5 Å². The number of amides is 2. The first kappa shape index (κ1) is 14.2. The number of hydrogen-bond donors (Lipinski definition) is 2. The van der Waals surface area contributed by atoms with Gasteiger partial charge in [0.15, 0.2) is 6.04 Å². The van der Waals surface area contributed by atoms with Crippen molar-refractivity contribution in [2.45, 2.75) is 19.4 Å². The van der Waals surface area contributed by atoms with Crippen molar-refractivity contribution in [3.8, 4) is 0 Å². The zero-order valence-electron chi connectivity index (χ0n) is 12.7. The number of likely N-dealkylation sites (N-methyl/N-ethyl adjacent to an activating group) is 1. The van der Waals surface area contributed by atoms with Gasteiger partial charge >= 0.3 is 0 Å². The van der Waals surface area contributed by atoms with Gasteiger partial charge < -0.3 is 9.80 Å². The monoisotopic (exact) mass is 289 g/mol. The van der Waals surface area contributed by atoms with E-state index >= 15 is 0 Å². The molecule has 0 spiro atoms. The fourth-order valence-electron chi connectivity index (χ4n) is 3.26. The molecule has 1 atom stereocenters. The van der Waals surface area contributed by atoms with Crippen molar-refractivity contribution in [2.24, 2.45) is 0 Å². The van der Waals surface area contributed by atoms with E-state index in [1.807, 2.05) is 31.2 Å². The maximum atomic E-state index is 12.7. The maximum Gasteiger partial charge on any atom is 0.292 e. The lowest BCUT2D eigenvalue weighted by Gasteiger charge is -2.30. The maximum absolute atomic E-state index is 12.7. The Labute approximate surface area is 125 Å². The highest BCUT2D eigenvalue weighted by Gasteiger charge is 2.46. The van der Waals surface area contributed by atoms with Crippen LogP contribution >= 0.6 is 0 Å². The van der Waals surface area contributed by atoms with Crippen LogP contribution in [0.15, 0.2) is 24.3 Å². The molecule has 1 aromatic carbocycles. The number of carbonyl (C=O) groups is 2. The second kappa shape index (κ2) is 5.58. The summed E-state index contributed by atoms with van der Waals surface area (Å²) in [5, 5.41) is 0. The fraction of sp³-hybridized carbons (Fsp3) is 0.500. The minimum atomic E-state index is -0.188. The van der Waals surface area contributed by atoms with E-state index in [-0.39, 0.29) is 17.9 Å². The second-order valence-electron chi connectivity index (χ2n) is 6.28. The van der Waals surface area contributed by atoms with E-state index in [1.165, 1.54) is 14.7 Å². The van der Waals surface area contributed by atoms with Crippen LogP contribution in [0.4, 0.5) is 5.69 Å². The van der Waals surface area contributed by atoms with Gasteiger partial charge in [0.2, 0.25) is 5.91 Å². The molecule has 2 N–H and O–H groups in total. The lowest BCUT2D eigenvalue weighted by molar-refractivity contribution is -1.01. The summed E-state index contributed by atoms with van der Waals surface area (Å²) in [6.07, 6.45) is 0.348. The number of piperazine rings is 1. The van der Waals surface area contributed by atoms with Crippen LogP contribution in [-0.4, -0.2) is 51.1 Å². The molecule has 3 rings (SSSR count). The molecule has 2 fully saturated rings. The molecule has 2 aliphatic heterocycles. The number of nitrogens with zero attached hydrogens (tertiary/aromatic N) is 1. The molecule has 0 radical (unpaired) electrons. The number of rotatable bonds is 2. The van der Waals surface area contributed by atoms with E-state index in [2.05, 4.69) is 7.05 Å². The molecule has 5 heteroatoms. The molecule has 2 heterocycles. The quantitative estimate of drug-likeness (QED) is 0.621. The molecule has 21 heavy (non-hydrogen) atoms. The van der Waals surface area contributed by atoms with Crippen molar-refractivity contribution in [2.75, 3.05) is 38.1 Å². The number of anilines is 1. The third-order valence-corrected chi connectivity index (χ3v) is 4.68. The summed E-state index contributed by atoms with van der Waals surface area (Å²) in [7, 11) is 2.18. The average Bonchev–Trinajstić information content (AvgIpc) is 2.76. The van der Waals surface area contributed by atoms with Crippen LogP contribution in [0.3, 0.4) is 0 Å². The Morgan fingerprint density at radius 2 is 1.67 bits per heavy atom. The smallest absolute Gasteiger partial charge is 0.292 e. The molecule has 0 aliphatic carbocycles. The summed E-state index contributed by atoms with van der Waals surface area (Å²) in [4.78, 5) is 29.1. The number of quaternary nitrogens is 2. The van der Waals surface area contributed by atoms with E-state index in [0.717, 1.165) is 31.7 Å². The molecular weight excluding hydrogens is 266 g/mol. The van der Waals surface area contributed by atoms with Gasteiger partial charge in [-0.05, 0) is 19.1 Å². The Balaban J connectivity index is 1.77. The summed E-state index contributed by atoms with van der Waals surface area (Å²) in [6.45, 7) is 6.07. The van der Waals surface area contributed by atoms with E-state index < -0.39 is 0 Å². The minimum absolute atomic E-state index is 0.0293. The summed E-state index contributed by atoms with van der Waals surface area (Å²) in [5.74, 6) is -0.0916. The molecule has 2 amide bonds. The summed E-state index contributed by atoms with van der Waals surface area (Å²) >= 11 is 0. The zero-order valence-corrected chi connectivity index (χ0v) is 12.7. The van der Waals surface area contributed by atoms with Gasteiger partial charge in [-0.2, -0.15) is 0 Å². The topological polar surface area (TPSA) is 46.3 Å². The van der Waals surface area contributed by atoms with Crippen LogP contribution in [0, 0.1) is 6.92 Å². The molecule has 5 nitrogen and oxygen atoms in total. The molecule has 0 bridgehead atoms. The number of carbonyl (C=O) groups excluding carboxylic acids is 2.